The first kappa shape index (κ1) is 15.9. The monoisotopic (exact) mass is 239 g/mol. The highest BCUT2D eigenvalue weighted by molar-refractivity contribution is 5.81. The number of hydrogen-bond acceptors (Lipinski definition) is 3. The predicted octanol–water partition coefficient (Wildman–Crippen LogP) is 1.77. The molecule has 0 aliphatic rings. The van der Waals surface area contributed by atoms with Crippen LogP contribution in [-0.4, -0.2) is 36.0 Å². The van der Waals surface area contributed by atoms with Crippen molar-refractivity contribution in [1.82, 2.24) is 10.2 Å². The van der Waals surface area contributed by atoms with Crippen LogP contribution in [0.5, 0.6) is 0 Å². The molecule has 0 aromatic carbocycles. The predicted molar refractivity (Wildman–Crippen MR) is 69.4 cm³/mol. The summed E-state index contributed by atoms with van der Waals surface area (Å²) >= 11 is 0. The number of carbonyl (C=O) groups excluding carboxylic acids is 1. The minimum absolute atomic E-state index is 0.00889. The van der Waals surface area contributed by atoms with Gasteiger partial charge in [-0.3, -0.25) is 9.69 Å². The van der Waals surface area contributed by atoms with E-state index in [0.717, 1.165) is 6.42 Å². The van der Waals surface area contributed by atoms with E-state index in [1.807, 2.05) is 25.7 Å². The van der Waals surface area contributed by atoms with Gasteiger partial charge in [0, 0.05) is 12.6 Å². The van der Waals surface area contributed by atoms with E-state index in [1.165, 1.54) is 0 Å². The lowest BCUT2D eigenvalue weighted by Gasteiger charge is -2.29. The minimum atomic E-state index is -0.248. The van der Waals surface area contributed by atoms with E-state index in [4.69, 9.17) is 5.26 Å². The largest absolute Gasteiger partial charge is 0.355 e. The van der Waals surface area contributed by atoms with Gasteiger partial charge in [-0.15, -0.1) is 0 Å². The van der Waals surface area contributed by atoms with Crippen LogP contribution < -0.4 is 5.32 Å². The fourth-order valence-electron chi connectivity index (χ4n) is 1.63. The van der Waals surface area contributed by atoms with Gasteiger partial charge in [0.15, 0.2) is 0 Å². The summed E-state index contributed by atoms with van der Waals surface area (Å²) in [5.74, 6) is 0.598. The number of amides is 1. The number of hydrogen-bond donors (Lipinski definition) is 1. The van der Waals surface area contributed by atoms with Crippen LogP contribution in [0.1, 0.15) is 41.0 Å². The summed E-state index contributed by atoms with van der Waals surface area (Å²) < 4.78 is 0. The fourth-order valence-corrected chi connectivity index (χ4v) is 1.63. The van der Waals surface area contributed by atoms with Crippen molar-refractivity contribution >= 4 is 5.91 Å². The van der Waals surface area contributed by atoms with E-state index in [-0.39, 0.29) is 24.5 Å². The summed E-state index contributed by atoms with van der Waals surface area (Å²) in [6.07, 6.45) is 0.985. The van der Waals surface area contributed by atoms with Crippen LogP contribution in [0, 0.1) is 17.2 Å². The van der Waals surface area contributed by atoms with E-state index in [1.54, 1.807) is 0 Å². The zero-order valence-electron chi connectivity index (χ0n) is 11.7. The molecule has 0 fully saturated rings. The van der Waals surface area contributed by atoms with E-state index < -0.39 is 0 Å². The molecule has 0 saturated carbocycles. The maximum atomic E-state index is 11.9. The quantitative estimate of drug-likeness (QED) is 0.689. The standard InChI is InChI=1S/C13H25N3O/c1-10(2)6-8-15-13(17)12(5)16(9-7-14)11(3)4/h10-12H,6,8-9H2,1-5H3,(H,15,17). The van der Waals surface area contributed by atoms with Crippen molar-refractivity contribution in [2.75, 3.05) is 13.1 Å². The van der Waals surface area contributed by atoms with Crippen LogP contribution in [0.15, 0.2) is 0 Å². The first-order valence-electron chi connectivity index (χ1n) is 6.30. The fraction of sp³-hybridized carbons (Fsp3) is 0.846. The molecule has 0 aliphatic heterocycles. The van der Waals surface area contributed by atoms with Gasteiger partial charge in [-0.05, 0) is 33.1 Å². The Morgan fingerprint density at radius 2 is 1.88 bits per heavy atom. The lowest BCUT2D eigenvalue weighted by molar-refractivity contribution is -0.126. The third kappa shape index (κ3) is 6.28. The average molecular weight is 239 g/mol. The van der Waals surface area contributed by atoms with E-state index in [0.29, 0.717) is 12.5 Å². The van der Waals surface area contributed by atoms with Crippen molar-refractivity contribution in [3.8, 4) is 6.07 Å². The van der Waals surface area contributed by atoms with E-state index in [2.05, 4.69) is 25.2 Å². The Labute approximate surface area is 105 Å². The summed E-state index contributed by atoms with van der Waals surface area (Å²) in [4.78, 5) is 13.8. The Balaban J connectivity index is 4.21. The maximum absolute atomic E-state index is 11.9. The molecule has 0 spiro atoms. The molecule has 4 heteroatoms. The Morgan fingerprint density at radius 3 is 2.29 bits per heavy atom. The summed E-state index contributed by atoms with van der Waals surface area (Å²) in [6, 6.07) is 2.05. The third-order valence-corrected chi connectivity index (χ3v) is 2.81. The summed E-state index contributed by atoms with van der Waals surface area (Å²) in [7, 11) is 0. The first-order chi connectivity index (χ1) is 7.90. The lowest BCUT2D eigenvalue weighted by Crippen LogP contribution is -2.48. The van der Waals surface area contributed by atoms with Crippen LogP contribution in [0.2, 0.25) is 0 Å². The maximum Gasteiger partial charge on any atom is 0.237 e. The zero-order valence-corrected chi connectivity index (χ0v) is 11.7. The van der Waals surface area contributed by atoms with Gasteiger partial charge in [-0.1, -0.05) is 13.8 Å². The second-order valence-corrected chi connectivity index (χ2v) is 5.07. The van der Waals surface area contributed by atoms with Crippen LogP contribution in [-0.2, 0) is 4.79 Å². The number of nitriles is 1. The van der Waals surface area contributed by atoms with Crippen LogP contribution >= 0.6 is 0 Å². The number of carbonyl (C=O) groups is 1. The molecular formula is C13H25N3O. The normalized spacial score (nSPS) is 12.9. The molecule has 0 aromatic rings. The Morgan fingerprint density at radius 1 is 1.29 bits per heavy atom. The van der Waals surface area contributed by atoms with Gasteiger partial charge in [-0.2, -0.15) is 5.26 Å². The van der Waals surface area contributed by atoms with Crippen LogP contribution in [0.3, 0.4) is 0 Å². The average Bonchev–Trinajstić information content (AvgIpc) is 2.23. The molecular weight excluding hydrogens is 214 g/mol. The van der Waals surface area contributed by atoms with Crippen molar-refractivity contribution in [1.29, 1.82) is 5.26 Å². The van der Waals surface area contributed by atoms with Crippen molar-refractivity contribution < 1.29 is 4.79 Å². The second kappa shape index (κ2) is 8.08. The number of nitrogens with one attached hydrogen (secondary N) is 1. The molecule has 4 nitrogen and oxygen atoms in total. The highest BCUT2D eigenvalue weighted by Crippen LogP contribution is 2.05. The van der Waals surface area contributed by atoms with Crippen LogP contribution in [0.25, 0.3) is 0 Å². The van der Waals surface area contributed by atoms with Gasteiger partial charge in [0.25, 0.3) is 0 Å². The zero-order chi connectivity index (χ0) is 13.4. The molecule has 0 radical (unpaired) electrons. The number of nitrogens with zero attached hydrogens (tertiary/aromatic N) is 2. The smallest absolute Gasteiger partial charge is 0.237 e. The summed E-state index contributed by atoms with van der Waals surface area (Å²) in [5.41, 5.74) is 0. The van der Waals surface area contributed by atoms with Crippen molar-refractivity contribution in [3.63, 3.8) is 0 Å². The molecule has 1 unspecified atom stereocenters. The third-order valence-electron chi connectivity index (χ3n) is 2.81. The van der Waals surface area contributed by atoms with Crippen molar-refractivity contribution in [2.24, 2.45) is 5.92 Å². The second-order valence-electron chi connectivity index (χ2n) is 5.07. The van der Waals surface area contributed by atoms with Crippen molar-refractivity contribution in [3.05, 3.63) is 0 Å². The minimum Gasteiger partial charge on any atom is -0.355 e. The van der Waals surface area contributed by atoms with Gasteiger partial charge < -0.3 is 5.32 Å². The molecule has 1 amide bonds. The first-order valence-corrected chi connectivity index (χ1v) is 6.30. The summed E-state index contributed by atoms with van der Waals surface area (Å²) in [6.45, 7) is 11.1. The molecule has 0 aromatic heterocycles. The van der Waals surface area contributed by atoms with Gasteiger partial charge in [-0.25, -0.2) is 0 Å². The molecule has 0 rings (SSSR count). The SMILES string of the molecule is CC(C)CCNC(=O)C(C)N(CC#N)C(C)C. The van der Waals surface area contributed by atoms with Crippen LogP contribution in [0.4, 0.5) is 0 Å². The molecule has 0 heterocycles. The van der Waals surface area contributed by atoms with Gasteiger partial charge >= 0.3 is 0 Å². The molecule has 17 heavy (non-hydrogen) atoms. The molecule has 0 saturated heterocycles. The lowest BCUT2D eigenvalue weighted by atomic mass is 10.1. The van der Waals surface area contributed by atoms with E-state index in [9.17, 15) is 4.79 Å². The topological polar surface area (TPSA) is 56.1 Å². The van der Waals surface area contributed by atoms with Gasteiger partial charge in [0.05, 0.1) is 18.7 Å². The molecule has 0 bridgehead atoms. The van der Waals surface area contributed by atoms with Gasteiger partial charge in [0.1, 0.15) is 0 Å². The van der Waals surface area contributed by atoms with E-state index >= 15 is 0 Å². The molecule has 1 N–H and O–H groups in total. The number of rotatable bonds is 7. The highest BCUT2D eigenvalue weighted by Gasteiger charge is 2.22. The van der Waals surface area contributed by atoms with Gasteiger partial charge in [0.2, 0.25) is 5.91 Å². The molecule has 98 valence electrons. The van der Waals surface area contributed by atoms with Crippen molar-refractivity contribution in [2.45, 2.75) is 53.1 Å². The summed E-state index contributed by atoms with van der Waals surface area (Å²) in [5, 5.41) is 11.7. The Kier molecular flexibility index (Phi) is 7.56. The Hall–Kier alpha value is -1.08. The molecule has 1 atom stereocenters. The Bertz CT molecular complexity index is 268. The highest BCUT2D eigenvalue weighted by atomic mass is 16.2. The molecule has 0 aliphatic carbocycles.